The first kappa shape index (κ1) is 13.1. The minimum Gasteiger partial charge on any atom is -0.491 e. The highest BCUT2D eigenvalue weighted by Crippen LogP contribution is 2.24. The number of aromatic nitrogens is 3. The van der Waals surface area contributed by atoms with E-state index in [1.807, 2.05) is 42.7 Å². The summed E-state index contributed by atoms with van der Waals surface area (Å²) < 4.78 is 7.71. The van der Waals surface area contributed by atoms with Crippen LogP contribution in [0.4, 0.5) is 0 Å². The molecule has 2 aromatic rings. The predicted octanol–water partition coefficient (Wildman–Crippen LogP) is 2.48. The van der Waals surface area contributed by atoms with Crippen LogP contribution >= 0.6 is 0 Å². The molecular weight excluding hydrogens is 252 g/mol. The van der Waals surface area contributed by atoms with Gasteiger partial charge in [0.25, 0.3) is 0 Å². The van der Waals surface area contributed by atoms with Gasteiger partial charge in [-0.1, -0.05) is 0 Å². The lowest BCUT2D eigenvalue weighted by Crippen LogP contribution is -2.17. The van der Waals surface area contributed by atoms with E-state index in [0.29, 0.717) is 6.04 Å². The molecule has 0 amide bonds. The van der Waals surface area contributed by atoms with Crippen molar-refractivity contribution in [1.29, 1.82) is 0 Å². The Balaban J connectivity index is 1.84. The highest BCUT2D eigenvalue weighted by molar-refractivity contribution is 5.38. The van der Waals surface area contributed by atoms with E-state index in [0.717, 1.165) is 30.2 Å². The van der Waals surface area contributed by atoms with Crippen molar-refractivity contribution in [2.45, 2.75) is 38.8 Å². The van der Waals surface area contributed by atoms with E-state index in [1.165, 1.54) is 6.42 Å². The number of ether oxygens (including phenoxy) is 1. The number of hydrogen-bond donors (Lipinski definition) is 1. The highest BCUT2D eigenvalue weighted by Gasteiger charge is 2.21. The molecule has 1 fully saturated rings. The van der Waals surface area contributed by atoms with Gasteiger partial charge in [0.1, 0.15) is 12.1 Å². The zero-order valence-corrected chi connectivity index (χ0v) is 11.9. The van der Waals surface area contributed by atoms with Gasteiger partial charge in [-0.05, 0) is 57.5 Å². The first-order valence-electron chi connectivity index (χ1n) is 7.14. The molecule has 1 unspecified atom stereocenters. The van der Waals surface area contributed by atoms with Crippen molar-refractivity contribution in [1.82, 2.24) is 20.1 Å². The Kier molecular flexibility index (Phi) is 3.69. The van der Waals surface area contributed by atoms with E-state index >= 15 is 0 Å². The second-order valence-corrected chi connectivity index (χ2v) is 5.37. The molecule has 0 bridgehead atoms. The van der Waals surface area contributed by atoms with Crippen LogP contribution in [0.15, 0.2) is 30.6 Å². The maximum Gasteiger partial charge on any atom is 0.154 e. The largest absolute Gasteiger partial charge is 0.491 e. The fourth-order valence-corrected chi connectivity index (χ4v) is 2.54. The average molecular weight is 272 g/mol. The van der Waals surface area contributed by atoms with Crippen LogP contribution in [-0.4, -0.2) is 27.4 Å². The van der Waals surface area contributed by atoms with Gasteiger partial charge in [-0.15, -0.1) is 10.2 Å². The first-order valence-corrected chi connectivity index (χ1v) is 7.14. The lowest BCUT2D eigenvalue weighted by molar-refractivity contribution is 0.242. The molecule has 20 heavy (non-hydrogen) atoms. The van der Waals surface area contributed by atoms with Gasteiger partial charge < -0.3 is 10.1 Å². The van der Waals surface area contributed by atoms with Gasteiger partial charge in [0.15, 0.2) is 5.82 Å². The van der Waals surface area contributed by atoms with E-state index in [1.54, 1.807) is 6.33 Å². The molecule has 2 heterocycles. The molecule has 5 nitrogen and oxygen atoms in total. The molecule has 1 atom stereocenters. The number of nitrogens with one attached hydrogen (secondary N) is 1. The molecule has 0 radical (unpaired) electrons. The van der Waals surface area contributed by atoms with Crippen molar-refractivity contribution >= 4 is 0 Å². The standard InChI is InChI=1S/C15H20N4O/c1-11(2)20-13-7-5-12(6-8-13)19-10-17-18-15(19)14-4-3-9-16-14/h5-8,10-11,14,16H,3-4,9H2,1-2H3. The fraction of sp³-hybridized carbons (Fsp3) is 0.467. The Morgan fingerprint density at radius 3 is 2.75 bits per heavy atom. The predicted molar refractivity (Wildman–Crippen MR) is 77.1 cm³/mol. The van der Waals surface area contributed by atoms with Crippen LogP contribution in [0.1, 0.15) is 38.6 Å². The van der Waals surface area contributed by atoms with Crippen LogP contribution in [0.25, 0.3) is 5.69 Å². The molecule has 106 valence electrons. The summed E-state index contributed by atoms with van der Waals surface area (Å²) in [7, 11) is 0. The summed E-state index contributed by atoms with van der Waals surface area (Å²) >= 11 is 0. The Morgan fingerprint density at radius 2 is 2.10 bits per heavy atom. The van der Waals surface area contributed by atoms with Crippen molar-refractivity contribution in [3.05, 3.63) is 36.4 Å². The topological polar surface area (TPSA) is 52.0 Å². The molecule has 3 rings (SSSR count). The maximum atomic E-state index is 5.66. The van der Waals surface area contributed by atoms with Gasteiger partial charge in [0.2, 0.25) is 0 Å². The summed E-state index contributed by atoms with van der Waals surface area (Å²) in [5, 5.41) is 11.8. The van der Waals surface area contributed by atoms with Crippen LogP contribution in [0.2, 0.25) is 0 Å². The van der Waals surface area contributed by atoms with Crippen LogP contribution in [-0.2, 0) is 0 Å². The number of nitrogens with zero attached hydrogens (tertiary/aromatic N) is 3. The third-order valence-corrected chi connectivity index (χ3v) is 3.43. The zero-order chi connectivity index (χ0) is 13.9. The number of rotatable bonds is 4. The van der Waals surface area contributed by atoms with Crippen LogP contribution in [0.3, 0.4) is 0 Å². The van der Waals surface area contributed by atoms with Crippen LogP contribution in [0, 0.1) is 0 Å². The molecule has 1 aliphatic rings. The van der Waals surface area contributed by atoms with Crippen molar-refractivity contribution in [2.24, 2.45) is 0 Å². The molecule has 0 spiro atoms. The summed E-state index contributed by atoms with van der Waals surface area (Å²) in [6.07, 6.45) is 4.27. The molecule has 1 N–H and O–H groups in total. The Hall–Kier alpha value is -1.88. The zero-order valence-electron chi connectivity index (χ0n) is 11.9. The first-order chi connectivity index (χ1) is 9.74. The van der Waals surface area contributed by atoms with Gasteiger partial charge in [0.05, 0.1) is 12.1 Å². The molecular formula is C15H20N4O. The lowest BCUT2D eigenvalue weighted by atomic mass is 10.2. The van der Waals surface area contributed by atoms with Crippen molar-refractivity contribution in [2.75, 3.05) is 6.54 Å². The van der Waals surface area contributed by atoms with Gasteiger partial charge in [-0.2, -0.15) is 0 Å². The number of benzene rings is 1. The van der Waals surface area contributed by atoms with E-state index in [9.17, 15) is 0 Å². The van der Waals surface area contributed by atoms with E-state index in [2.05, 4.69) is 15.5 Å². The van der Waals surface area contributed by atoms with Gasteiger partial charge >= 0.3 is 0 Å². The molecule has 5 heteroatoms. The average Bonchev–Trinajstić information content (AvgIpc) is 3.09. The molecule has 0 saturated carbocycles. The van der Waals surface area contributed by atoms with E-state index in [4.69, 9.17) is 4.74 Å². The minimum absolute atomic E-state index is 0.189. The molecule has 0 aliphatic carbocycles. The molecule has 1 aromatic heterocycles. The maximum absolute atomic E-state index is 5.66. The quantitative estimate of drug-likeness (QED) is 0.929. The Morgan fingerprint density at radius 1 is 1.30 bits per heavy atom. The molecule has 1 aromatic carbocycles. The van der Waals surface area contributed by atoms with E-state index < -0.39 is 0 Å². The van der Waals surface area contributed by atoms with Crippen LogP contribution < -0.4 is 10.1 Å². The summed E-state index contributed by atoms with van der Waals surface area (Å²) in [4.78, 5) is 0. The normalized spacial score (nSPS) is 18.6. The third-order valence-electron chi connectivity index (χ3n) is 3.43. The van der Waals surface area contributed by atoms with Gasteiger partial charge in [-0.25, -0.2) is 0 Å². The van der Waals surface area contributed by atoms with Gasteiger partial charge in [0, 0.05) is 5.69 Å². The van der Waals surface area contributed by atoms with E-state index in [-0.39, 0.29) is 6.10 Å². The second kappa shape index (κ2) is 5.63. The summed E-state index contributed by atoms with van der Waals surface area (Å²) in [5.41, 5.74) is 1.06. The summed E-state index contributed by atoms with van der Waals surface area (Å²) in [6, 6.07) is 8.37. The Bertz CT molecular complexity index is 556. The van der Waals surface area contributed by atoms with Crippen molar-refractivity contribution < 1.29 is 4.74 Å². The van der Waals surface area contributed by atoms with Crippen LogP contribution in [0.5, 0.6) is 5.75 Å². The molecule has 1 saturated heterocycles. The molecule has 1 aliphatic heterocycles. The second-order valence-electron chi connectivity index (χ2n) is 5.37. The SMILES string of the molecule is CC(C)Oc1ccc(-n2cnnc2C2CCCN2)cc1. The summed E-state index contributed by atoms with van der Waals surface area (Å²) in [5.74, 6) is 1.87. The van der Waals surface area contributed by atoms with Crippen molar-refractivity contribution in [3.63, 3.8) is 0 Å². The Labute approximate surface area is 119 Å². The third kappa shape index (κ3) is 2.67. The smallest absolute Gasteiger partial charge is 0.154 e. The number of hydrogen-bond acceptors (Lipinski definition) is 4. The highest BCUT2D eigenvalue weighted by atomic mass is 16.5. The van der Waals surface area contributed by atoms with Gasteiger partial charge in [-0.3, -0.25) is 4.57 Å². The monoisotopic (exact) mass is 272 g/mol. The minimum atomic E-state index is 0.189. The summed E-state index contributed by atoms with van der Waals surface area (Å²) in [6.45, 7) is 5.10. The van der Waals surface area contributed by atoms with Crippen molar-refractivity contribution in [3.8, 4) is 11.4 Å². The lowest BCUT2D eigenvalue weighted by Gasteiger charge is -2.13. The fourth-order valence-electron chi connectivity index (χ4n) is 2.54.